The molecular weight excluding hydrogens is 396 g/mol. The van der Waals surface area contributed by atoms with Crippen LogP contribution in [0.1, 0.15) is 41.0 Å². The highest BCUT2D eigenvalue weighted by atomic mass is 16.5. The number of fused-ring (bicyclic) bond motifs is 1. The van der Waals surface area contributed by atoms with Gasteiger partial charge in [0.2, 0.25) is 5.91 Å². The second kappa shape index (κ2) is 8.85. The number of benzene rings is 1. The number of amides is 3. The molecular formula is C23H26N4O4. The molecule has 0 unspecified atom stereocenters. The zero-order valence-corrected chi connectivity index (χ0v) is 17.7. The molecule has 2 atom stereocenters. The Hall–Kier alpha value is -3.26. The highest BCUT2D eigenvalue weighted by Gasteiger charge is 2.44. The van der Waals surface area contributed by atoms with Gasteiger partial charge < -0.3 is 15.0 Å². The molecule has 2 aromatic rings. The van der Waals surface area contributed by atoms with Gasteiger partial charge in [-0.1, -0.05) is 32.4 Å². The van der Waals surface area contributed by atoms with Gasteiger partial charge in [0.15, 0.2) is 0 Å². The third-order valence-electron chi connectivity index (χ3n) is 5.91. The van der Waals surface area contributed by atoms with Crippen molar-refractivity contribution < 1.29 is 19.1 Å². The van der Waals surface area contributed by atoms with Crippen molar-refractivity contribution in [1.29, 1.82) is 0 Å². The van der Waals surface area contributed by atoms with Crippen molar-refractivity contribution in [3.63, 3.8) is 0 Å². The number of aromatic nitrogens is 1. The van der Waals surface area contributed by atoms with E-state index in [2.05, 4.69) is 15.2 Å². The molecule has 3 heterocycles. The third-order valence-corrected chi connectivity index (χ3v) is 5.91. The van der Waals surface area contributed by atoms with Gasteiger partial charge in [-0.2, -0.15) is 0 Å². The lowest BCUT2D eigenvalue weighted by molar-refractivity contribution is -0.121. The van der Waals surface area contributed by atoms with Gasteiger partial charge in [0.1, 0.15) is 11.9 Å². The molecule has 0 spiro atoms. The number of nitrogens with zero attached hydrogens (tertiary/aromatic N) is 3. The molecule has 162 valence electrons. The summed E-state index contributed by atoms with van der Waals surface area (Å²) in [6, 6.07) is 9.40. The van der Waals surface area contributed by atoms with E-state index >= 15 is 0 Å². The molecule has 0 bridgehead atoms. The van der Waals surface area contributed by atoms with Crippen LogP contribution in [0.5, 0.6) is 0 Å². The van der Waals surface area contributed by atoms with E-state index in [1.54, 1.807) is 36.5 Å². The summed E-state index contributed by atoms with van der Waals surface area (Å²) in [7, 11) is 0. The van der Waals surface area contributed by atoms with Crippen LogP contribution in [0.2, 0.25) is 0 Å². The second-order valence-electron chi connectivity index (χ2n) is 7.85. The molecule has 8 heteroatoms. The number of nitrogens with one attached hydrogen (secondary N) is 1. The van der Waals surface area contributed by atoms with E-state index in [9.17, 15) is 14.4 Å². The van der Waals surface area contributed by atoms with Crippen molar-refractivity contribution in [1.82, 2.24) is 9.88 Å². The number of rotatable bonds is 6. The molecule has 31 heavy (non-hydrogen) atoms. The first-order chi connectivity index (χ1) is 15.0. The van der Waals surface area contributed by atoms with Crippen molar-refractivity contribution >= 4 is 29.2 Å². The molecule has 8 nitrogen and oxygen atoms in total. The van der Waals surface area contributed by atoms with Gasteiger partial charge in [-0.3, -0.25) is 19.3 Å². The Balaban J connectivity index is 1.53. The predicted molar refractivity (Wildman–Crippen MR) is 116 cm³/mol. The molecule has 2 aliphatic heterocycles. The maximum Gasteiger partial charge on any atom is 0.262 e. The van der Waals surface area contributed by atoms with Crippen LogP contribution < -0.4 is 10.2 Å². The summed E-state index contributed by atoms with van der Waals surface area (Å²) >= 11 is 0. The number of carbonyl (C=O) groups excluding carboxylic acids is 3. The maximum absolute atomic E-state index is 13.2. The predicted octanol–water partition coefficient (Wildman–Crippen LogP) is 2.57. The van der Waals surface area contributed by atoms with Crippen LogP contribution in [0.25, 0.3) is 0 Å². The van der Waals surface area contributed by atoms with E-state index in [0.717, 1.165) is 23.8 Å². The second-order valence-corrected chi connectivity index (χ2v) is 7.85. The van der Waals surface area contributed by atoms with Crippen LogP contribution in [0.15, 0.2) is 42.6 Å². The average molecular weight is 422 g/mol. The van der Waals surface area contributed by atoms with Crippen LogP contribution in [-0.4, -0.2) is 60.0 Å². The van der Waals surface area contributed by atoms with Crippen molar-refractivity contribution in [2.75, 3.05) is 36.5 Å². The minimum atomic E-state index is -0.906. The first-order valence-electron chi connectivity index (χ1n) is 10.6. The van der Waals surface area contributed by atoms with Gasteiger partial charge in [-0.25, -0.2) is 4.98 Å². The van der Waals surface area contributed by atoms with E-state index in [1.807, 2.05) is 19.9 Å². The quantitative estimate of drug-likeness (QED) is 0.720. The summed E-state index contributed by atoms with van der Waals surface area (Å²) in [5.41, 5.74) is 1.20. The lowest BCUT2D eigenvalue weighted by Crippen LogP contribution is -2.50. The lowest BCUT2D eigenvalue weighted by Gasteiger charge is -2.30. The highest BCUT2D eigenvalue weighted by molar-refractivity contribution is 6.23. The first-order valence-corrected chi connectivity index (χ1v) is 10.6. The monoisotopic (exact) mass is 422 g/mol. The fourth-order valence-corrected chi connectivity index (χ4v) is 3.97. The van der Waals surface area contributed by atoms with Gasteiger partial charge in [0.05, 0.1) is 36.2 Å². The third kappa shape index (κ3) is 4.03. The molecule has 1 N–H and O–H groups in total. The Kier molecular flexibility index (Phi) is 5.99. The maximum atomic E-state index is 13.2. The van der Waals surface area contributed by atoms with E-state index in [-0.39, 0.29) is 5.92 Å². The number of morpholine rings is 1. The zero-order valence-electron chi connectivity index (χ0n) is 17.7. The van der Waals surface area contributed by atoms with Crippen LogP contribution in [0, 0.1) is 5.92 Å². The first kappa shape index (κ1) is 21.0. The molecule has 1 fully saturated rings. The summed E-state index contributed by atoms with van der Waals surface area (Å²) in [4.78, 5) is 46.8. The Morgan fingerprint density at radius 2 is 1.74 bits per heavy atom. The van der Waals surface area contributed by atoms with Gasteiger partial charge in [0.25, 0.3) is 11.8 Å². The molecule has 1 saturated heterocycles. The number of hydrogen-bond acceptors (Lipinski definition) is 6. The van der Waals surface area contributed by atoms with Crippen LogP contribution in [0.4, 0.5) is 11.5 Å². The SMILES string of the molecule is CC[C@H](C)[C@H](C(=O)Nc1ccc(N2CCOCC2)nc1)N1C(=O)c2ccccc2C1=O. The Bertz CT molecular complexity index is 950. The number of pyridine rings is 1. The van der Waals surface area contributed by atoms with E-state index < -0.39 is 23.8 Å². The Labute approximate surface area is 181 Å². The van der Waals surface area contributed by atoms with Gasteiger partial charge >= 0.3 is 0 Å². The normalized spacial score (nSPS) is 18.0. The Morgan fingerprint density at radius 3 is 2.29 bits per heavy atom. The topological polar surface area (TPSA) is 91.8 Å². The molecule has 3 amide bonds. The summed E-state index contributed by atoms with van der Waals surface area (Å²) in [6.07, 6.45) is 2.23. The van der Waals surface area contributed by atoms with E-state index in [0.29, 0.717) is 36.4 Å². The van der Waals surface area contributed by atoms with Gasteiger partial charge in [-0.15, -0.1) is 0 Å². The number of carbonyl (C=O) groups is 3. The lowest BCUT2D eigenvalue weighted by atomic mass is 9.96. The van der Waals surface area contributed by atoms with E-state index in [1.165, 1.54) is 0 Å². The number of hydrogen-bond donors (Lipinski definition) is 1. The molecule has 2 aliphatic rings. The molecule has 1 aromatic carbocycles. The standard InChI is InChI=1S/C23H26N4O4/c1-3-15(2)20(27-22(29)17-6-4-5-7-18(17)23(27)30)21(28)25-16-8-9-19(24-14-16)26-10-12-31-13-11-26/h4-9,14-15,20H,3,10-13H2,1-2H3,(H,25,28)/t15-,20+/m0/s1. The van der Waals surface area contributed by atoms with Gasteiger partial charge in [0, 0.05) is 13.1 Å². The Morgan fingerprint density at radius 1 is 1.10 bits per heavy atom. The fraction of sp³-hybridized carbons (Fsp3) is 0.391. The minimum absolute atomic E-state index is 0.206. The summed E-state index contributed by atoms with van der Waals surface area (Å²) in [6.45, 7) is 6.67. The number of anilines is 2. The van der Waals surface area contributed by atoms with Crippen molar-refractivity contribution in [3.8, 4) is 0 Å². The largest absolute Gasteiger partial charge is 0.378 e. The zero-order chi connectivity index (χ0) is 22.0. The smallest absolute Gasteiger partial charge is 0.262 e. The number of imide groups is 1. The molecule has 0 radical (unpaired) electrons. The molecule has 1 aromatic heterocycles. The molecule has 4 rings (SSSR count). The fourth-order valence-electron chi connectivity index (χ4n) is 3.97. The summed E-state index contributed by atoms with van der Waals surface area (Å²) < 4.78 is 5.36. The van der Waals surface area contributed by atoms with Crippen LogP contribution >= 0.6 is 0 Å². The summed E-state index contributed by atoms with van der Waals surface area (Å²) in [5, 5.41) is 2.84. The van der Waals surface area contributed by atoms with E-state index in [4.69, 9.17) is 4.74 Å². The van der Waals surface area contributed by atoms with Crippen LogP contribution in [0.3, 0.4) is 0 Å². The minimum Gasteiger partial charge on any atom is -0.378 e. The molecule has 0 aliphatic carbocycles. The van der Waals surface area contributed by atoms with Crippen LogP contribution in [-0.2, 0) is 9.53 Å². The van der Waals surface area contributed by atoms with Crippen molar-refractivity contribution in [2.45, 2.75) is 26.3 Å². The van der Waals surface area contributed by atoms with Gasteiger partial charge in [-0.05, 0) is 30.2 Å². The molecule has 0 saturated carbocycles. The number of ether oxygens (including phenoxy) is 1. The van der Waals surface area contributed by atoms with Crippen molar-refractivity contribution in [3.05, 3.63) is 53.7 Å². The summed E-state index contributed by atoms with van der Waals surface area (Å²) in [5.74, 6) is -0.642. The van der Waals surface area contributed by atoms with Crippen molar-refractivity contribution in [2.24, 2.45) is 5.92 Å². The average Bonchev–Trinajstić information content (AvgIpc) is 3.05. The highest BCUT2D eigenvalue weighted by Crippen LogP contribution is 2.29.